The van der Waals surface area contributed by atoms with Crippen molar-refractivity contribution in [3.63, 3.8) is 0 Å². The minimum absolute atomic E-state index is 0.00553. The molecule has 1 aromatic carbocycles. The minimum atomic E-state index is -0.191. The molecule has 2 aliphatic carbocycles. The zero-order chi connectivity index (χ0) is 25.6. The molecule has 2 saturated carbocycles. The molecule has 3 amide bonds. The summed E-state index contributed by atoms with van der Waals surface area (Å²) in [6.07, 6.45) is 9.13. The second kappa shape index (κ2) is 9.42. The maximum Gasteiger partial charge on any atom is 0.321 e. The number of carbonyl (C=O) groups is 2. The summed E-state index contributed by atoms with van der Waals surface area (Å²) in [6.45, 7) is 3.34. The summed E-state index contributed by atoms with van der Waals surface area (Å²) >= 11 is 0. The molecule has 0 atom stereocenters. The van der Waals surface area contributed by atoms with Crippen LogP contribution in [-0.2, 0) is 23.4 Å². The summed E-state index contributed by atoms with van der Waals surface area (Å²) in [7, 11) is 4.36. The Balaban J connectivity index is 1.20. The van der Waals surface area contributed by atoms with Gasteiger partial charge in [0.05, 0.1) is 18.6 Å². The van der Waals surface area contributed by atoms with E-state index in [-0.39, 0.29) is 29.6 Å². The molecule has 0 N–H and O–H groups in total. The Labute approximate surface area is 219 Å². The number of aromatic nitrogens is 3. The first-order valence-corrected chi connectivity index (χ1v) is 13.8. The quantitative estimate of drug-likeness (QED) is 0.603. The molecule has 0 bridgehead atoms. The molecule has 9 heteroatoms. The molecule has 2 aromatic rings. The number of fused-ring (bicyclic) bond motifs is 1. The highest BCUT2D eigenvalue weighted by atomic mass is 16.2. The van der Waals surface area contributed by atoms with E-state index in [4.69, 9.17) is 0 Å². The molecule has 0 unspecified atom stereocenters. The highest BCUT2D eigenvalue weighted by Crippen LogP contribution is 2.49. The predicted octanol–water partition coefficient (Wildman–Crippen LogP) is 2.93. The molecule has 1 spiro atoms. The molecule has 1 aromatic heterocycles. The van der Waals surface area contributed by atoms with Crippen molar-refractivity contribution in [2.24, 2.45) is 5.92 Å². The van der Waals surface area contributed by atoms with E-state index < -0.39 is 0 Å². The SMILES string of the molecule is CN(C)[C@]1(c2ccccc2)CC[C@@]2(CC1)CN(CC(=O)N1CCn3ncnc3C1)C(=O)N2CC1CCC1. The molecule has 3 fully saturated rings. The number of nitrogens with zero attached hydrogens (tertiary/aromatic N) is 7. The van der Waals surface area contributed by atoms with Crippen LogP contribution in [0.1, 0.15) is 56.3 Å². The van der Waals surface area contributed by atoms with E-state index in [1.807, 2.05) is 14.5 Å². The molecular formula is C28H39N7O2. The third kappa shape index (κ3) is 4.21. The standard InChI is InChI=1S/C28H39N7O2/c1-31(2)28(23-9-4-3-5-10-23)13-11-27(12-14-28)20-33(26(37)34(27)17-22-7-6-8-22)19-25(36)32-15-16-35-24(18-32)29-21-30-35/h3-5,9-10,21-22H,6-8,11-20H2,1-2H3/t27-,28-. The summed E-state index contributed by atoms with van der Waals surface area (Å²) in [4.78, 5) is 39.7. The van der Waals surface area contributed by atoms with E-state index >= 15 is 0 Å². The van der Waals surface area contributed by atoms with Gasteiger partial charge in [-0.15, -0.1) is 0 Å². The third-order valence-electron chi connectivity index (χ3n) is 9.69. The fourth-order valence-corrected chi connectivity index (χ4v) is 7.05. The molecule has 1 saturated heterocycles. The zero-order valence-corrected chi connectivity index (χ0v) is 22.2. The van der Waals surface area contributed by atoms with E-state index in [0.29, 0.717) is 32.1 Å². The van der Waals surface area contributed by atoms with Gasteiger partial charge in [-0.1, -0.05) is 36.8 Å². The molecular weight excluding hydrogens is 466 g/mol. The first-order valence-electron chi connectivity index (χ1n) is 13.8. The monoisotopic (exact) mass is 505 g/mol. The normalized spacial score (nSPS) is 28.2. The molecule has 37 heavy (non-hydrogen) atoms. The third-order valence-corrected chi connectivity index (χ3v) is 9.69. The van der Waals surface area contributed by atoms with Gasteiger partial charge in [-0.2, -0.15) is 5.10 Å². The maximum absolute atomic E-state index is 13.8. The van der Waals surface area contributed by atoms with Gasteiger partial charge in [0.25, 0.3) is 0 Å². The summed E-state index contributed by atoms with van der Waals surface area (Å²) in [5, 5.41) is 4.21. The Morgan fingerprint density at radius 3 is 2.51 bits per heavy atom. The minimum Gasteiger partial charge on any atom is -0.332 e. The number of rotatable bonds is 6. The van der Waals surface area contributed by atoms with Gasteiger partial charge in [0.1, 0.15) is 18.7 Å². The lowest BCUT2D eigenvalue weighted by Crippen LogP contribution is -2.56. The van der Waals surface area contributed by atoms with Gasteiger partial charge in [-0.05, 0) is 64.1 Å². The van der Waals surface area contributed by atoms with Crippen LogP contribution in [0.2, 0.25) is 0 Å². The highest BCUT2D eigenvalue weighted by Gasteiger charge is 2.55. The number of amides is 3. The van der Waals surface area contributed by atoms with Crippen LogP contribution in [0, 0.1) is 5.92 Å². The summed E-state index contributed by atoms with van der Waals surface area (Å²) in [5.74, 6) is 1.41. The van der Waals surface area contributed by atoms with Crippen molar-refractivity contribution in [2.75, 3.05) is 40.3 Å². The Morgan fingerprint density at radius 2 is 1.84 bits per heavy atom. The molecule has 0 radical (unpaired) electrons. The van der Waals surface area contributed by atoms with Crippen LogP contribution < -0.4 is 0 Å². The van der Waals surface area contributed by atoms with E-state index in [0.717, 1.165) is 38.1 Å². The van der Waals surface area contributed by atoms with Gasteiger partial charge < -0.3 is 14.7 Å². The van der Waals surface area contributed by atoms with Crippen molar-refractivity contribution in [3.05, 3.63) is 48.0 Å². The van der Waals surface area contributed by atoms with E-state index in [9.17, 15) is 9.59 Å². The van der Waals surface area contributed by atoms with Crippen LogP contribution >= 0.6 is 0 Å². The Kier molecular flexibility index (Phi) is 6.21. The van der Waals surface area contributed by atoms with Crippen molar-refractivity contribution in [1.29, 1.82) is 0 Å². The topological polar surface area (TPSA) is 77.8 Å². The van der Waals surface area contributed by atoms with Crippen LogP contribution in [0.15, 0.2) is 36.7 Å². The Bertz CT molecular complexity index is 1130. The van der Waals surface area contributed by atoms with Crippen LogP contribution in [0.5, 0.6) is 0 Å². The average molecular weight is 506 g/mol. The second-order valence-corrected chi connectivity index (χ2v) is 11.8. The largest absolute Gasteiger partial charge is 0.332 e. The number of carbonyl (C=O) groups excluding carboxylic acids is 2. The van der Waals surface area contributed by atoms with E-state index in [1.54, 1.807) is 6.33 Å². The zero-order valence-electron chi connectivity index (χ0n) is 22.2. The predicted molar refractivity (Wildman–Crippen MR) is 139 cm³/mol. The van der Waals surface area contributed by atoms with Gasteiger partial charge in [0.15, 0.2) is 0 Å². The molecule has 9 nitrogen and oxygen atoms in total. The smallest absolute Gasteiger partial charge is 0.321 e. The number of benzene rings is 1. The van der Waals surface area contributed by atoms with E-state index in [2.05, 4.69) is 64.3 Å². The number of urea groups is 1. The lowest BCUT2D eigenvalue weighted by Gasteiger charge is -2.51. The van der Waals surface area contributed by atoms with Crippen molar-refractivity contribution >= 4 is 11.9 Å². The fraction of sp³-hybridized carbons (Fsp3) is 0.643. The fourth-order valence-electron chi connectivity index (χ4n) is 7.05. The van der Waals surface area contributed by atoms with E-state index in [1.165, 1.54) is 24.8 Å². The van der Waals surface area contributed by atoms with Crippen LogP contribution in [-0.4, -0.2) is 92.1 Å². The Hall–Kier alpha value is -2.94. The first-order chi connectivity index (χ1) is 17.9. The van der Waals surface area contributed by atoms with Crippen LogP contribution in [0.4, 0.5) is 4.79 Å². The molecule has 198 valence electrons. The number of hydrogen-bond acceptors (Lipinski definition) is 5. The van der Waals surface area contributed by atoms with Gasteiger partial charge in [0.2, 0.25) is 5.91 Å². The lowest BCUT2D eigenvalue weighted by molar-refractivity contribution is -0.133. The van der Waals surface area contributed by atoms with Crippen LogP contribution in [0.3, 0.4) is 0 Å². The van der Waals surface area contributed by atoms with Gasteiger partial charge in [-0.25, -0.2) is 14.5 Å². The molecule has 3 heterocycles. The van der Waals surface area contributed by atoms with Gasteiger partial charge in [0, 0.05) is 25.2 Å². The lowest BCUT2D eigenvalue weighted by atomic mass is 9.68. The molecule has 2 aliphatic heterocycles. The maximum atomic E-state index is 13.8. The van der Waals surface area contributed by atoms with Crippen molar-refractivity contribution < 1.29 is 9.59 Å². The van der Waals surface area contributed by atoms with Crippen LogP contribution in [0.25, 0.3) is 0 Å². The van der Waals surface area contributed by atoms with Gasteiger partial charge >= 0.3 is 6.03 Å². The number of hydrogen-bond donors (Lipinski definition) is 0. The molecule has 6 rings (SSSR count). The van der Waals surface area contributed by atoms with Gasteiger partial charge in [-0.3, -0.25) is 9.69 Å². The highest BCUT2D eigenvalue weighted by molar-refractivity contribution is 5.86. The Morgan fingerprint density at radius 1 is 1.08 bits per heavy atom. The summed E-state index contributed by atoms with van der Waals surface area (Å²) < 4.78 is 1.85. The van der Waals surface area contributed by atoms with Crippen molar-refractivity contribution in [2.45, 2.75) is 69.1 Å². The average Bonchev–Trinajstić information content (AvgIpc) is 3.45. The molecule has 4 aliphatic rings. The second-order valence-electron chi connectivity index (χ2n) is 11.8. The van der Waals surface area contributed by atoms with Crippen molar-refractivity contribution in [1.82, 2.24) is 34.4 Å². The first kappa shape index (κ1) is 24.4. The summed E-state index contributed by atoms with van der Waals surface area (Å²) in [5.41, 5.74) is 1.14. The summed E-state index contributed by atoms with van der Waals surface area (Å²) in [6, 6.07) is 10.9. The van der Waals surface area contributed by atoms with Crippen molar-refractivity contribution in [3.8, 4) is 0 Å².